The Labute approximate surface area is 218 Å². The number of nitrogens with zero attached hydrogens (tertiary/aromatic N) is 2. The minimum Gasteiger partial charge on any atom is -0.496 e. The molecule has 0 saturated heterocycles. The first-order valence-electron chi connectivity index (χ1n) is 11.1. The molecule has 0 aliphatic heterocycles. The minimum atomic E-state index is -3.89. The zero-order valence-electron chi connectivity index (χ0n) is 19.9. The molecule has 0 aliphatic carbocycles. The van der Waals surface area contributed by atoms with Crippen molar-refractivity contribution in [3.8, 4) is 5.75 Å². The number of sulfonamides is 1. The molecule has 36 heavy (non-hydrogen) atoms. The van der Waals surface area contributed by atoms with Gasteiger partial charge in [0.25, 0.3) is 10.0 Å². The smallest absolute Gasteiger partial charge is 0.315 e. The molecule has 0 unspecified atom stereocenters. The summed E-state index contributed by atoms with van der Waals surface area (Å²) in [5, 5.41) is 10.8. The van der Waals surface area contributed by atoms with Gasteiger partial charge < -0.3 is 15.4 Å². The van der Waals surface area contributed by atoms with Crippen molar-refractivity contribution >= 4 is 55.7 Å². The predicted molar refractivity (Wildman–Crippen MR) is 142 cm³/mol. The van der Waals surface area contributed by atoms with Crippen LogP contribution in [0.3, 0.4) is 0 Å². The molecule has 12 heteroatoms. The number of aromatic nitrogens is 2. The lowest BCUT2D eigenvalue weighted by atomic mass is 10.1. The van der Waals surface area contributed by atoms with E-state index in [1.54, 1.807) is 10.7 Å². The Hall–Kier alpha value is -3.28. The molecular formula is C24H26ClN5O4S2. The van der Waals surface area contributed by atoms with Crippen molar-refractivity contribution in [2.24, 2.45) is 0 Å². The van der Waals surface area contributed by atoms with Gasteiger partial charge in [0.2, 0.25) is 0 Å². The van der Waals surface area contributed by atoms with E-state index in [9.17, 15) is 13.2 Å². The zero-order chi connectivity index (χ0) is 25.9. The van der Waals surface area contributed by atoms with Crippen LogP contribution in [0.5, 0.6) is 5.75 Å². The molecule has 0 bridgehead atoms. The van der Waals surface area contributed by atoms with Gasteiger partial charge in [0.15, 0.2) is 5.82 Å². The maximum absolute atomic E-state index is 13.0. The fourth-order valence-electron chi connectivity index (χ4n) is 3.69. The Balaban J connectivity index is 1.63. The van der Waals surface area contributed by atoms with Crippen molar-refractivity contribution in [1.82, 2.24) is 20.4 Å². The SMILES string of the molecule is COc1cccc2c1c(NS(=O)(=O)c1ccc(Cl)s1)nn2Cc1cccc(CNC(=O)NC(C)C)c1. The third-order valence-electron chi connectivity index (χ3n) is 5.20. The van der Waals surface area contributed by atoms with E-state index in [0.29, 0.717) is 34.1 Å². The van der Waals surface area contributed by atoms with Gasteiger partial charge in [0.05, 0.1) is 28.9 Å². The summed E-state index contributed by atoms with van der Waals surface area (Å²) in [7, 11) is -2.37. The number of urea groups is 1. The van der Waals surface area contributed by atoms with Gasteiger partial charge in [-0.3, -0.25) is 9.40 Å². The number of halogens is 1. The summed E-state index contributed by atoms with van der Waals surface area (Å²) < 4.78 is 36.2. The predicted octanol–water partition coefficient (Wildman–Crippen LogP) is 4.82. The maximum Gasteiger partial charge on any atom is 0.315 e. The standard InChI is InChI=1S/C24H26ClN5O4S2/c1-15(2)27-24(31)26-13-16-6-4-7-17(12-16)14-30-18-8-5-9-19(34-3)22(18)23(28-30)29-36(32,33)21-11-10-20(25)35-21/h4-12,15H,13-14H2,1-3H3,(H,28,29)(H2,26,27,31). The largest absolute Gasteiger partial charge is 0.496 e. The fraction of sp³-hybridized carbons (Fsp3) is 0.250. The average Bonchev–Trinajstić information content (AvgIpc) is 3.42. The van der Waals surface area contributed by atoms with Gasteiger partial charge in [-0.1, -0.05) is 41.9 Å². The lowest BCUT2D eigenvalue weighted by Gasteiger charge is -2.11. The van der Waals surface area contributed by atoms with Gasteiger partial charge in [-0.05, 0) is 49.2 Å². The van der Waals surface area contributed by atoms with Crippen LogP contribution >= 0.6 is 22.9 Å². The van der Waals surface area contributed by atoms with Crippen LogP contribution < -0.4 is 20.1 Å². The molecule has 0 aliphatic rings. The normalized spacial score (nSPS) is 11.6. The Kier molecular flexibility index (Phi) is 7.72. The fourth-order valence-corrected chi connectivity index (χ4v) is 6.18. The molecule has 0 atom stereocenters. The number of methoxy groups -OCH3 is 1. The lowest BCUT2D eigenvalue weighted by Crippen LogP contribution is -2.39. The molecule has 0 radical (unpaired) electrons. The van der Waals surface area contributed by atoms with E-state index in [4.69, 9.17) is 16.3 Å². The molecule has 0 saturated carbocycles. The van der Waals surface area contributed by atoms with E-state index < -0.39 is 10.0 Å². The van der Waals surface area contributed by atoms with Gasteiger partial charge in [-0.15, -0.1) is 11.3 Å². The first-order valence-corrected chi connectivity index (χ1v) is 13.8. The second-order valence-corrected chi connectivity index (χ2v) is 12.0. The quantitative estimate of drug-likeness (QED) is 0.278. The Morgan fingerprint density at radius 1 is 1.14 bits per heavy atom. The molecule has 0 fully saturated rings. The maximum atomic E-state index is 13.0. The van der Waals surface area contributed by atoms with E-state index in [2.05, 4.69) is 20.5 Å². The molecule has 4 aromatic rings. The summed E-state index contributed by atoms with van der Waals surface area (Å²) in [5.41, 5.74) is 2.57. The van der Waals surface area contributed by atoms with Crippen LogP contribution in [0.15, 0.2) is 58.8 Å². The number of amides is 2. The Morgan fingerprint density at radius 3 is 2.58 bits per heavy atom. The highest BCUT2D eigenvalue weighted by Gasteiger charge is 2.23. The topological polar surface area (TPSA) is 114 Å². The highest BCUT2D eigenvalue weighted by Crippen LogP contribution is 2.35. The number of rotatable bonds is 9. The van der Waals surface area contributed by atoms with E-state index >= 15 is 0 Å². The number of hydrogen-bond donors (Lipinski definition) is 3. The van der Waals surface area contributed by atoms with Crippen molar-refractivity contribution < 1.29 is 17.9 Å². The summed E-state index contributed by atoms with van der Waals surface area (Å²) in [6, 6.07) is 16.0. The van der Waals surface area contributed by atoms with E-state index in [1.165, 1.54) is 19.2 Å². The molecule has 2 amide bonds. The minimum absolute atomic E-state index is 0.0462. The molecule has 0 spiro atoms. The monoisotopic (exact) mass is 547 g/mol. The van der Waals surface area contributed by atoms with Crippen molar-refractivity contribution in [2.75, 3.05) is 11.8 Å². The number of carbonyl (C=O) groups is 1. The summed E-state index contributed by atoms with van der Waals surface area (Å²) in [6.07, 6.45) is 0. The second kappa shape index (κ2) is 10.8. The molecule has 2 heterocycles. The number of nitrogens with one attached hydrogen (secondary N) is 3. The average molecular weight is 548 g/mol. The summed E-state index contributed by atoms with van der Waals surface area (Å²) in [6.45, 7) is 4.54. The first-order chi connectivity index (χ1) is 17.2. The van der Waals surface area contributed by atoms with Crippen LogP contribution in [0.25, 0.3) is 10.9 Å². The van der Waals surface area contributed by atoms with E-state index in [-0.39, 0.29) is 22.1 Å². The third-order valence-corrected chi connectivity index (χ3v) is 8.26. The molecule has 9 nitrogen and oxygen atoms in total. The van der Waals surface area contributed by atoms with Gasteiger partial charge in [0, 0.05) is 12.6 Å². The second-order valence-electron chi connectivity index (χ2n) is 8.33. The van der Waals surface area contributed by atoms with E-state index in [0.717, 1.165) is 22.5 Å². The van der Waals surface area contributed by atoms with Crippen LogP contribution in [0.2, 0.25) is 4.34 Å². The van der Waals surface area contributed by atoms with Crippen LogP contribution in [-0.2, 0) is 23.1 Å². The van der Waals surface area contributed by atoms with Crippen LogP contribution in [0.1, 0.15) is 25.0 Å². The first kappa shape index (κ1) is 25.8. The van der Waals surface area contributed by atoms with Crippen molar-refractivity contribution in [1.29, 1.82) is 0 Å². The van der Waals surface area contributed by atoms with Gasteiger partial charge in [0.1, 0.15) is 9.96 Å². The number of anilines is 1. The van der Waals surface area contributed by atoms with Gasteiger partial charge in [-0.2, -0.15) is 5.10 Å². The lowest BCUT2D eigenvalue weighted by molar-refractivity contribution is 0.238. The Bertz CT molecular complexity index is 1500. The summed E-state index contributed by atoms with van der Waals surface area (Å²) in [5.74, 6) is 0.657. The van der Waals surface area contributed by atoms with Crippen LogP contribution in [-0.4, -0.2) is 37.4 Å². The van der Waals surface area contributed by atoms with Gasteiger partial charge in [-0.25, -0.2) is 13.2 Å². The number of benzene rings is 2. The van der Waals surface area contributed by atoms with Crippen LogP contribution in [0.4, 0.5) is 10.6 Å². The number of hydrogen-bond acceptors (Lipinski definition) is 6. The van der Waals surface area contributed by atoms with Crippen molar-refractivity contribution in [3.63, 3.8) is 0 Å². The Morgan fingerprint density at radius 2 is 1.89 bits per heavy atom. The molecular weight excluding hydrogens is 522 g/mol. The van der Waals surface area contributed by atoms with Crippen LogP contribution in [0, 0.1) is 0 Å². The van der Waals surface area contributed by atoms with Crippen molar-refractivity contribution in [2.45, 2.75) is 37.2 Å². The van der Waals surface area contributed by atoms with Crippen molar-refractivity contribution in [3.05, 3.63) is 70.1 Å². The highest BCUT2D eigenvalue weighted by molar-refractivity contribution is 7.94. The molecule has 2 aromatic carbocycles. The summed E-state index contributed by atoms with van der Waals surface area (Å²) >= 11 is 6.91. The number of carbonyl (C=O) groups excluding carboxylic acids is 1. The number of thiophene rings is 1. The highest BCUT2D eigenvalue weighted by atomic mass is 35.5. The molecule has 4 rings (SSSR count). The molecule has 3 N–H and O–H groups in total. The number of ether oxygens (including phenoxy) is 1. The zero-order valence-corrected chi connectivity index (χ0v) is 22.3. The van der Waals surface area contributed by atoms with Gasteiger partial charge >= 0.3 is 6.03 Å². The summed E-state index contributed by atoms with van der Waals surface area (Å²) in [4.78, 5) is 11.9. The molecule has 190 valence electrons. The molecule has 2 aromatic heterocycles. The number of fused-ring (bicyclic) bond motifs is 1. The van der Waals surface area contributed by atoms with E-state index in [1.807, 2.05) is 50.2 Å². The third kappa shape index (κ3) is 5.92.